The predicted molar refractivity (Wildman–Crippen MR) is 111 cm³/mol. The first-order valence-electron chi connectivity index (χ1n) is 8.03. The molecule has 4 nitrogen and oxygen atoms in total. The molecule has 0 saturated carbocycles. The van der Waals surface area contributed by atoms with Crippen LogP contribution in [-0.2, 0) is 10.4 Å². The molecule has 0 fully saturated rings. The lowest BCUT2D eigenvalue weighted by atomic mass is 9.85. The molecule has 0 heterocycles. The van der Waals surface area contributed by atoms with Crippen molar-refractivity contribution in [2.24, 2.45) is 5.10 Å². The van der Waals surface area contributed by atoms with Gasteiger partial charge in [-0.2, -0.15) is 5.10 Å². The Morgan fingerprint density at radius 3 is 1.88 bits per heavy atom. The van der Waals surface area contributed by atoms with Crippen molar-refractivity contribution in [2.45, 2.75) is 5.60 Å². The average Bonchev–Trinajstić information content (AvgIpc) is 2.70. The lowest BCUT2D eigenvalue weighted by Crippen LogP contribution is -2.43. The van der Waals surface area contributed by atoms with Crippen LogP contribution in [0, 0.1) is 3.57 Å². The van der Waals surface area contributed by atoms with Gasteiger partial charge in [0, 0.05) is 3.57 Å². The van der Waals surface area contributed by atoms with Crippen molar-refractivity contribution in [1.82, 2.24) is 5.43 Å². The molecule has 1 amide bonds. The number of nitrogens with zero attached hydrogens (tertiary/aromatic N) is 1. The molecule has 0 saturated heterocycles. The van der Waals surface area contributed by atoms with E-state index in [1.165, 1.54) is 0 Å². The van der Waals surface area contributed by atoms with Gasteiger partial charge in [0.1, 0.15) is 0 Å². The molecule has 2 N–H and O–H groups in total. The highest BCUT2D eigenvalue weighted by atomic mass is 127. The minimum Gasteiger partial charge on any atom is -0.372 e. The van der Waals surface area contributed by atoms with E-state index in [0.717, 1.165) is 9.13 Å². The summed E-state index contributed by atoms with van der Waals surface area (Å²) in [7, 11) is 0. The number of nitrogens with one attached hydrogen (secondary N) is 1. The zero-order valence-corrected chi connectivity index (χ0v) is 16.0. The van der Waals surface area contributed by atoms with Crippen LogP contribution in [0.1, 0.15) is 16.7 Å². The Labute approximate surface area is 165 Å². The Hall–Kier alpha value is -2.51. The maximum Gasteiger partial charge on any atom is 0.281 e. The van der Waals surface area contributed by atoms with Gasteiger partial charge in [0.2, 0.25) is 0 Å². The summed E-state index contributed by atoms with van der Waals surface area (Å²) in [5.41, 5.74) is 2.45. The largest absolute Gasteiger partial charge is 0.372 e. The number of carbonyl (C=O) groups is 1. The van der Waals surface area contributed by atoms with Crippen molar-refractivity contribution in [3.63, 3.8) is 0 Å². The lowest BCUT2D eigenvalue weighted by molar-refractivity contribution is -0.136. The molecule has 0 aliphatic heterocycles. The second-order valence-corrected chi connectivity index (χ2v) is 6.94. The monoisotopic (exact) mass is 456 g/mol. The number of hydrazone groups is 1. The fourth-order valence-electron chi connectivity index (χ4n) is 2.58. The van der Waals surface area contributed by atoms with Crippen molar-refractivity contribution in [3.05, 3.63) is 105 Å². The van der Waals surface area contributed by atoms with Crippen LogP contribution in [0.25, 0.3) is 0 Å². The van der Waals surface area contributed by atoms with Crippen LogP contribution in [0.2, 0.25) is 0 Å². The summed E-state index contributed by atoms with van der Waals surface area (Å²) in [6.07, 6.45) is 1.55. The van der Waals surface area contributed by atoms with E-state index in [1.54, 1.807) is 54.7 Å². The molecule has 0 spiro atoms. The number of aliphatic hydroxyl groups is 1. The molecule has 3 aromatic rings. The van der Waals surface area contributed by atoms with Crippen LogP contribution < -0.4 is 5.43 Å². The SMILES string of the molecule is O=C(N/N=C/c1ccc(I)cc1)C(O)(c1ccccc1)c1ccccc1. The topological polar surface area (TPSA) is 61.7 Å². The van der Waals surface area contributed by atoms with Gasteiger partial charge in [-0.15, -0.1) is 0 Å². The van der Waals surface area contributed by atoms with Gasteiger partial charge in [-0.05, 0) is 51.4 Å². The highest BCUT2D eigenvalue weighted by molar-refractivity contribution is 14.1. The Bertz CT molecular complexity index is 855. The smallest absolute Gasteiger partial charge is 0.281 e. The predicted octanol–water partition coefficient (Wildman–Crippen LogP) is 3.68. The summed E-state index contributed by atoms with van der Waals surface area (Å²) >= 11 is 2.22. The number of halogens is 1. The van der Waals surface area contributed by atoms with Crippen LogP contribution >= 0.6 is 22.6 Å². The maximum absolute atomic E-state index is 12.8. The molecule has 0 bridgehead atoms. The van der Waals surface area contributed by atoms with Crippen molar-refractivity contribution in [3.8, 4) is 0 Å². The summed E-state index contributed by atoms with van der Waals surface area (Å²) in [5.74, 6) is -0.614. The molecule has 130 valence electrons. The van der Waals surface area contributed by atoms with E-state index in [4.69, 9.17) is 0 Å². The van der Waals surface area contributed by atoms with Gasteiger partial charge < -0.3 is 5.11 Å². The van der Waals surface area contributed by atoms with Gasteiger partial charge in [-0.1, -0.05) is 72.8 Å². The van der Waals surface area contributed by atoms with Crippen LogP contribution in [0.15, 0.2) is 90.0 Å². The number of benzene rings is 3. The molecule has 26 heavy (non-hydrogen) atoms. The summed E-state index contributed by atoms with van der Waals surface area (Å²) in [4.78, 5) is 12.8. The van der Waals surface area contributed by atoms with E-state index in [9.17, 15) is 9.90 Å². The van der Waals surface area contributed by atoms with Gasteiger partial charge in [-0.3, -0.25) is 4.79 Å². The van der Waals surface area contributed by atoms with E-state index in [-0.39, 0.29) is 0 Å². The zero-order valence-electron chi connectivity index (χ0n) is 13.8. The van der Waals surface area contributed by atoms with Gasteiger partial charge in [0.15, 0.2) is 5.60 Å². The standard InChI is InChI=1S/C21H17IN2O2/c22-19-13-11-16(12-14-19)15-23-24-20(25)21(26,17-7-3-1-4-8-17)18-9-5-2-6-10-18/h1-15,26H,(H,24,25)/b23-15+. The molecule has 3 aromatic carbocycles. The highest BCUT2D eigenvalue weighted by Gasteiger charge is 2.39. The third kappa shape index (κ3) is 4.00. The first-order valence-corrected chi connectivity index (χ1v) is 9.11. The second kappa shape index (κ2) is 8.25. The molecule has 0 aliphatic rings. The number of hydrogen-bond acceptors (Lipinski definition) is 3. The van der Waals surface area contributed by atoms with Gasteiger partial charge in [0.25, 0.3) is 5.91 Å². The summed E-state index contributed by atoms with van der Waals surface area (Å²) in [6.45, 7) is 0. The molecule has 0 aromatic heterocycles. The van der Waals surface area contributed by atoms with Gasteiger partial charge in [-0.25, -0.2) is 5.43 Å². The molecule has 5 heteroatoms. The normalized spacial score (nSPS) is 11.5. The van der Waals surface area contributed by atoms with E-state index < -0.39 is 11.5 Å². The Morgan fingerprint density at radius 1 is 0.885 bits per heavy atom. The molecular formula is C21H17IN2O2. The number of carbonyl (C=O) groups excluding carboxylic acids is 1. The minimum absolute atomic E-state index is 0.480. The molecular weight excluding hydrogens is 439 g/mol. The van der Waals surface area contributed by atoms with Crippen LogP contribution in [0.5, 0.6) is 0 Å². The highest BCUT2D eigenvalue weighted by Crippen LogP contribution is 2.29. The lowest BCUT2D eigenvalue weighted by Gasteiger charge is -2.27. The second-order valence-electron chi connectivity index (χ2n) is 5.69. The van der Waals surface area contributed by atoms with E-state index in [2.05, 4.69) is 33.1 Å². The first kappa shape index (κ1) is 18.3. The van der Waals surface area contributed by atoms with Crippen molar-refractivity contribution >= 4 is 34.7 Å². The van der Waals surface area contributed by atoms with Gasteiger partial charge >= 0.3 is 0 Å². The average molecular weight is 456 g/mol. The number of hydrogen-bond donors (Lipinski definition) is 2. The number of amides is 1. The minimum atomic E-state index is -1.83. The maximum atomic E-state index is 12.8. The molecule has 0 unspecified atom stereocenters. The molecule has 0 radical (unpaired) electrons. The van der Waals surface area contributed by atoms with Crippen LogP contribution in [-0.4, -0.2) is 17.2 Å². The van der Waals surface area contributed by atoms with Gasteiger partial charge in [0.05, 0.1) is 6.21 Å². The van der Waals surface area contributed by atoms with Crippen molar-refractivity contribution in [1.29, 1.82) is 0 Å². The zero-order chi connectivity index (χ0) is 18.4. The Kier molecular flexibility index (Phi) is 5.80. The van der Waals surface area contributed by atoms with Crippen LogP contribution in [0.4, 0.5) is 0 Å². The number of rotatable bonds is 5. The third-order valence-corrected chi connectivity index (χ3v) is 4.68. The third-order valence-electron chi connectivity index (χ3n) is 3.96. The summed E-state index contributed by atoms with van der Waals surface area (Å²) in [5, 5.41) is 15.3. The fourth-order valence-corrected chi connectivity index (χ4v) is 2.94. The summed E-state index contributed by atoms with van der Waals surface area (Å²) < 4.78 is 1.12. The fraction of sp³-hybridized carbons (Fsp3) is 0.0476. The Balaban J connectivity index is 1.87. The quantitative estimate of drug-likeness (QED) is 0.350. The first-order chi connectivity index (χ1) is 12.6. The summed E-state index contributed by atoms with van der Waals surface area (Å²) in [6, 6.07) is 25.4. The van der Waals surface area contributed by atoms with Crippen molar-refractivity contribution in [2.75, 3.05) is 0 Å². The molecule has 0 atom stereocenters. The van der Waals surface area contributed by atoms with E-state index in [1.807, 2.05) is 36.4 Å². The van der Waals surface area contributed by atoms with Crippen molar-refractivity contribution < 1.29 is 9.90 Å². The van der Waals surface area contributed by atoms with Crippen LogP contribution in [0.3, 0.4) is 0 Å². The molecule has 0 aliphatic carbocycles. The molecule has 3 rings (SSSR count). The van der Waals surface area contributed by atoms with E-state index in [0.29, 0.717) is 11.1 Å². The Morgan fingerprint density at radius 2 is 1.38 bits per heavy atom. The van der Waals surface area contributed by atoms with E-state index >= 15 is 0 Å².